The molecule has 0 radical (unpaired) electrons. The summed E-state index contributed by atoms with van der Waals surface area (Å²) in [5, 5.41) is 16.2. The second-order valence-electron chi connectivity index (χ2n) is 6.01. The van der Waals surface area contributed by atoms with Crippen molar-refractivity contribution in [3.63, 3.8) is 0 Å². The lowest BCUT2D eigenvalue weighted by molar-refractivity contribution is -0.133. The summed E-state index contributed by atoms with van der Waals surface area (Å²) >= 11 is 9.65. The highest BCUT2D eigenvalue weighted by atomic mass is 79.9. The molecule has 2 aliphatic heterocycles. The van der Waals surface area contributed by atoms with E-state index in [9.17, 15) is 9.90 Å². The molecule has 9 heteroatoms. The van der Waals surface area contributed by atoms with E-state index in [1.54, 1.807) is 13.2 Å². The van der Waals surface area contributed by atoms with Crippen molar-refractivity contribution in [3.05, 3.63) is 52.3 Å². The van der Waals surface area contributed by atoms with Crippen LogP contribution in [-0.4, -0.2) is 34.4 Å². The number of hydrogen-bond donors (Lipinski definition) is 3. The first-order valence-corrected chi connectivity index (χ1v) is 8.93. The number of dihydropyridines is 1. The fourth-order valence-electron chi connectivity index (χ4n) is 2.94. The van der Waals surface area contributed by atoms with Crippen LogP contribution in [0.3, 0.4) is 0 Å². The Bertz CT molecular complexity index is 839. The van der Waals surface area contributed by atoms with Crippen LogP contribution in [0.1, 0.15) is 12.0 Å². The molecule has 4 N–H and O–H groups in total. The normalized spacial score (nSPS) is 25.2. The van der Waals surface area contributed by atoms with E-state index in [0.29, 0.717) is 22.5 Å². The maximum Gasteiger partial charge on any atom is 0.353 e. The van der Waals surface area contributed by atoms with Crippen molar-refractivity contribution in [1.82, 2.24) is 5.32 Å². The third-order valence-electron chi connectivity index (χ3n) is 4.18. The summed E-state index contributed by atoms with van der Waals surface area (Å²) in [5.74, 6) is -0.552. The third-order valence-corrected chi connectivity index (χ3v) is 5.19. The first-order valence-electron chi connectivity index (χ1n) is 7.76. The molecule has 2 aliphatic rings. The zero-order chi connectivity index (χ0) is 18.9. The largest absolute Gasteiger partial charge is 0.496 e. The monoisotopic (exact) mass is 441 g/mol. The highest BCUT2D eigenvalue weighted by Gasteiger charge is 2.39. The van der Waals surface area contributed by atoms with Gasteiger partial charge >= 0.3 is 5.97 Å². The molecule has 2 heterocycles. The maximum atomic E-state index is 11.7. The van der Waals surface area contributed by atoms with Crippen molar-refractivity contribution < 1.29 is 19.5 Å². The summed E-state index contributed by atoms with van der Waals surface area (Å²) in [6.45, 7) is 0. The van der Waals surface area contributed by atoms with Crippen LogP contribution in [0.4, 0.5) is 0 Å². The smallest absolute Gasteiger partial charge is 0.353 e. The Labute approximate surface area is 163 Å². The van der Waals surface area contributed by atoms with E-state index < -0.39 is 17.6 Å². The Balaban J connectivity index is 2.00. The molecular formula is C17H17BrClN3O4. The van der Waals surface area contributed by atoms with E-state index in [1.165, 1.54) is 0 Å². The van der Waals surface area contributed by atoms with Crippen LogP contribution in [0.15, 0.2) is 51.9 Å². The summed E-state index contributed by atoms with van der Waals surface area (Å²) < 4.78 is 6.00. The molecule has 0 aromatic heterocycles. The molecule has 0 saturated carbocycles. The molecule has 0 saturated heterocycles. The molecule has 26 heavy (non-hydrogen) atoms. The number of nitrogens with two attached hydrogens (primary N) is 1. The Hall–Kier alpha value is -2.03. The number of benzene rings is 1. The zero-order valence-electron chi connectivity index (χ0n) is 13.8. The van der Waals surface area contributed by atoms with E-state index >= 15 is 0 Å². The van der Waals surface area contributed by atoms with Crippen molar-refractivity contribution in [2.24, 2.45) is 10.9 Å². The number of carboxylic acids is 1. The van der Waals surface area contributed by atoms with Crippen LogP contribution >= 0.6 is 27.5 Å². The topological polar surface area (TPSA) is 106 Å². The Morgan fingerprint density at radius 3 is 2.92 bits per heavy atom. The van der Waals surface area contributed by atoms with Gasteiger partial charge in [-0.3, -0.25) is 0 Å². The fourth-order valence-corrected chi connectivity index (χ4v) is 3.56. The highest BCUT2D eigenvalue weighted by molar-refractivity contribution is 9.18. The van der Waals surface area contributed by atoms with Gasteiger partial charge in [0.15, 0.2) is 6.10 Å². The average Bonchev–Trinajstić information content (AvgIpc) is 3.04. The maximum absolute atomic E-state index is 11.7. The molecule has 2 unspecified atom stereocenters. The Morgan fingerprint density at radius 2 is 2.31 bits per heavy atom. The first-order chi connectivity index (χ1) is 12.3. The van der Waals surface area contributed by atoms with Crippen molar-refractivity contribution >= 4 is 38.1 Å². The molecule has 2 atom stereocenters. The van der Waals surface area contributed by atoms with Crippen molar-refractivity contribution in [2.45, 2.75) is 24.5 Å². The minimum absolute atomic E-state index is 0.0117. The molecule has 3 rings (SSSR count). The number of oxime groups is 1. The van der Waals surface area contributed by atoms with Crippen molar-refractivity contribution in [3.8, 4) is 5.75 Å². The number of halogens is 2. The summed E-state index contributed by atoms with van der Waals surface area (Å²) in [5.41, 5.74) is 6.45. The lowest BCUT2D eigenvalue weighted by Gasteiger charge is -2.34. The van der Waals surface area contributed by atoms with Gasteiger partial charge < -0.3 is 25.7 Å². The van der Waals surface area contributed by atoms with Gasteiger partial charge in [0, 0.05) is 12.8 Å². The van der Waals surface area contributed by atoms with Gasteiger partial charge in [0.25, 0.3) is 0 Å². The van der Waals surface area contributed by atoms with Gasteiger partial charge in [-0.2, -0.15) is 0 Å². The fraction of sp³-hybridized carbons (Fsp3) is 0.294. The number of aliphatic carboxylic acids is 1. The minimum Gasteiger partial charge on any atom is -0.496 e. The number of nitrogens with one attached hydrogen (secondary N) is 1. The van der Waals surface area contributed by atoms with Crippen LogP contribution < -0.4 is 15.8 Å². The number of ether oxygens (including phenoxy) is 1. The lowest BCUT2D eigenvalue weighted by atomic mass is 9.86. The van der Waals surface area contributed by atoms with E-state index in [2.05, 4.69) is 26.4 Å². The number of rotatable bonds is 5. The predicted octanol–water partition coefficient (Wildman–Crippen LogP) is 2.45. The molecule has 1 aromatic rings. The van der Waals surface area contributed by atoms with Gasteiger partial charge in [-0.1, -0.05) is 35.0 Å². The van der Waals surface area contributed by atoms with E-state index in [1.807, 2.05) is 24.3 Å². The molecule has 7 nitrogen and oxygen atoms in total. The Morgan fingerprint density at radius 1 is 1.58 bits per heavy atom. The molecule has 1 aromatic carbocycles. The number of nitrogens with zero attached hydrogens (tertiary/aromatic N) is 1. The summed E-state index contributed by atoms with van der Waals surface area (Å²) in [6.07, 6.45) is 1.95. The van der Waals surface area contributed by atoms with Gasteiger partial charge in [-0.05, 0) is 33.6 Å². The molecule has 0 bridgehead atoms. The minimum atomic E-state index is -1.23. The van der Waals surface area contributed by atoms with Crippen molar-refractivity contribution in [2.75, 3.05) is 7.11 Å². The number of carboxylic acid groups (broad SMARTS) is 1. The number of hydrogen-bond acceptors (Lipinski definition) is 6. The summed E-state index contributed by atoms with van der Waals surface area (Å²) in [7, 11) is 1.56. The van der Waals surface area contributed by atoms with Crippen LogP contribution in [-0.2, 0) is 16.1 Å². The number of carbonyl (C=O) groups is 1. The van der Waals surface area contributed by atoms with Gasteiger partial charge in [-0.15, -0.1) is 0 Å². The summed E-state index contributed by atoms with van der Waals surface area (Å²) in [4.78, 5) is 17.0. The number of para-hydroxylation sites is 1. The highest BCUT2D eigenvalue weighted by Crippen LogP contribution is 2.35. The van der Waals surface area contributed by atoms with E-state index in [4.69, 9.17) is 26.9 Å². The lowest BCUT2D eigenvalue weighted by Crippen LogP contribution is -2.48. The van der Waals surface area contributed by atoms with Crippen LogP contribution in [0, 0.1) is 0 Å². The van der Waals surface area contributed by atoms with Crippen LogP contribution in [0.5, 0.6) is 5.75 Å². The van der Waals surface area contributed by atoms with E-state index in [-0.39, 0.29) is 17.2 Å². The second kappa shape index (κ2) is 7.30. The second-order valence-corrected chi connectivity index (χ2v) is 7.31. The third kappa shape index (κ3) is 3.58. The predicted molar refractivity (Wildman–Crippen MR) is 101 cm³/mol. The molecule has 0 fully saturated rings. The Kier molecular flexibility index (Phi) is 5.27. The van der Waals surface area contributed by atoms with Gasteiger partial charge in [0.1, 0.15) is 16.1 Å². The van der Waals surface area contributed by atoms with Gasteiger partial charge in [0.05, 0.1) is 23.4 Å². The zero-order valence-corrected chi connectivity index (χ0v) is 16.2. The van der Waals surface area contributed by atoms with E-state index in [0.717, 1.165) is 5.56 Å². The average molecular weight is 443 g/mol. The standard InChI is InChI=1S/C17H17BrClN3O4/c1-25-11-5-3-2-4-9(11)7-17(20)8-10(12-6-13(18)22-26-12)21-14(15(17)19)16(23)24/h2-5,8,12,21H,6-7,20H2,1H3,(H,23,24). The summed E-state index contributed by atoms with van der Waals surface area (Å²) in [6, 6.07) is 7.37. The quantitative estimate of drug-likeness (QED) is 0.647. The van der Waals surface area contributed by atoms with Gasteiger partial charge in [-0.25, -0.2) is 4.79 Å². The SMILES string of the molecule is COc1ccccc1CC1(N)C=C(C2CC(Br)=NO2)NC(C(=O)O)=C1Cl. The molecule has 0 amide bonds. The van der Waals surface area contributed by atoms with Crippen molar-refractivity contribution in [1.29, 1.82) is 0 Å². The molecule has 138 valence electrons. The van der Waals surface area contributed by atoms with Crippen LogP contribution in [0.2, 0.25) is 0 Å². The van der Waals surface area contributed by atoms with Gasteiger partial charge in [0.2, 0.25) is 0 Å². The van der Waals surface area contributed by atoms with Crippen LogP contribution in [0.25, 0.3) is 0 Å². The first kappa shape index (κ1) is 18.8. The molecular weight excluding hydrogens is 426 g/mol. The molecule has 0 aliphatic carbocycles. The number of methoxy groups -OCH3 is 1. The molecule has 0 spiro atoms.